The zero-order chi connectivity index (χ0) is 13.0. The summed E-state index contributed by atoms with van der Waals surface area (Å²) >= 11 is 0. The SMILES string of the molecule is [N-]=[N+]=NCC(OS(=O)(=O)C(F)(F)F)C(=O)O. The van der Waals surface area contributed by atoms with Gasteiger partial charge in [0.2, 0.25) is 0 Å². The smallest absolute Gasteiger partial charge is 0.479 e. The number of hydrogen-bond donors (Lipinski definition) is 1. The van der Waals surface area contributed by atoms with E-state index in [4.69, 9.17) is 10.6 Å². The van der Waals surface area contributed by atoms with Crippen molar-refractivity contribution in [3.63, 3.8) is 0 Å². The Hall–Kier alpha value is -1.52. The van der Waals surface area contributed by atoms with Crippen molar-refractivity contribution in [2.45, 2.75) is 11.6 Å². The summed E-state index contributed by atoms with van der Waals surface area (Å²) in [6.07, 6.45) is -2.41. The molecule has 1 N–H and O–H groups in total. The van der Waals surface area contributed by atoms with E-state index in [9.17, 15) is 26.4 Å². The highest BCUT2D eigenvalue weighted by atomic mass is 32.2. The van der Waals surface area contributed by atoms with E-state index in [1.54, 1.807) is 0 Å². The first kappa shape index (κ1) is 14.5. The zero-order valence-corrected chi connectivity index (χ0v) is 8.06. The number of carboxylic acid groups (broad SMARTS) is 1. The number of aliphatic carboxylic acids is 1. The van der Waals surface area contributed by atoms with Gasteiger partial charge >= 0.3 is 21.6 Å². The van der Waals surface area contributed by atoms with Crippen LogP contribution in [0.15, 0.2) is 5.11 Å². The summed E-state index contributed by atoms with van der Waals surface area (Å²) in [6, 6.07) is 0. The van der Waals surface area contributed by atoms with Gasteiger partial charge in [-0.2, -0.15) is 21.6 Å². The lowest BCUT2D eigenvalue weighted by Gasteiger charge is -2.12. The summed E-state index contributed by atoms with van der Waals surface area (Å²) in [4.78, 5) is 12.3. The molecule has 16 heavy (non-hydrogen) atoms. The van der Waals surface area contributed by atoms with Gasteiger partial charge in [0, 0.05) is 4.91 Å². The van der Waals surface area contributed by atoms with Gasteiger partial charge < -0.3 is 5.11 Å². The molecule has 0 saturated heterocycles. The van der Waals surface area contributed by atoms with E-state index in [2.05, 4.69) is 14.2 Å². The van der Waals surface area contributed by atoms with Crippen LogP contribution in [0, 0.1) is 0 Å². The second-order valence-corrected chi connectivity index (χ2v) is 3.80. The molecule has 0 aromatic carbocycles. The molecule has 0 aromatic heterocycles. The van der Waals surface area contributed by atoms with Crippen LogP contribution in [0.2, 0.25) is 0 Å². The highest BCUT2D eigenvalue weighted by Gasteiger charge is 2.49. The van der Waals surface area contributed by atoms with Gasteiger partial charge in [0.15, 0.2) is 6.10 Å². The quantitative estimate of drug-likeness (QED) is 0.255. The van der Waals surface area contributed by atoms with Crippen LogP contribution >= 0.6 is 0 Å². The Kier molecular flexibility index (Phi) is 4.53. The fourth-order valence-corrected chi connectivity index (χ4v) is 1.03. The van der Waals surface area contributed by atoms with Gasteiger partial charge in [0.25, 0.3) is 0 Å². The maximum atomic E-state index is 11.8. The molecule has 0 spiro atoms. The molecule has 0 aliphatic heterocycles. The molecule has 0 aromatic rings. The van der Waals surface area contributed by atoms with E-state index >= 15 is 0 Å². The van der Waals surface area contributed by atoms with Crippen LogP contribution in [-0.2, 0) is 19.1 Å². The molecule has 0 fully saturated rings. The van der Waals surface area contributed by atoms with E-state index in [-0.39, 0.29) is 0 Å². The third-order valence-corrected chi connectivity index (χ3v) is 2.17. The minimum Gasteiger partial charge on any atom is -0.479 e. The molecule has 0 rings (SSSR count). The number of carboxylic acids is 1. The first-order valence-corrected chi connectivity index (χ1v) is 4.76. The van der Waals surface area contributed by atoms with Crippen molar-refractivity contribution in [1.82, 2.24) is 0 Å². The van der Waals surface area contributed by atoms with Crippen molar-refractivity contribution in [2.24, 2.45) is 5.11 Å². The molecule has 1 atom stereocenters. The van der Waals surface area contributed by atoms with Gasteiger partial charge in [-0.3, -0.25) is 0 Å². The van der Waals surface area contributed by atoms with Crippen molar-refractivity contribution in [3.05, 3.63) is 10.4 Å². The van der Waals surface area contributed by atoms with Gasteiger partial charge in [-0.1, -0.05) is 5.11 Å². The second-order valence-electron chi connectivity index (χ2n) is 2.24. The minimum atomic E-state index is -6.04. The predicted octanol–water partition coefficient (Wildman–Crippen LogP) is 0.616. The van der Waals surface area contributed by atoms with Crippen LogP contribution in [0.3, 0.4) is 0 Å². The van der Waals surface area contributed by atoms with Crippen LogP contribution in [0.5, 0.6) is 0 Å². The van der Waals surface area contributed by atoms with Crippen LogP contribution in [-0.4, -0.2) is 37.7 Å². The van der Waals surface area contributed by atoms with E-state index < -0.39 is 34.2 Å². The van der Waals surface area contributed by atoms with Crippen LogP contribution in [0.1, 0.15) is 0 Å². The highest BCUT2D eigenvalue weighted by molar-refractivity contribution is 7.87. The van der Waals surface area contributed by atoms with Crippen molar-refractivity contribution >= 4 is 16.1 Å². The highest BCUT2D eigenvalue weighted by Crippen LogP contribution is 2.25. The Balaban J connectivity index is 4.91. The average molecular weight is 263 g/mol. The molecule has 0 saturated carbocycles. The number of halogens is 3. The van der Waals surface area contributed by atoms with Crippen LogP contribution in [0.25, 0.3) is 10.4 Å². The lowest BCUT2D eigenvalue weighted by atomic mass is 10.4. The summed E-state index contributed by atoms with van der Waals surface area (Å²) < 4.78 is 59.4. The summed E-state index contributed by atoms with van der Waals surface area (Å²) in [5, 5.41) is 10.9. The van der Waals surface area contributed by atoms with Crippen molar-refractivity contribution < 1.29 is 35.7 Å². The van der Waals surface area contributed by atoms with E-state index in [1.165, 1.54) is 0 Å². The van der Waals surface area contributed by atoms with Gasteiger partial charge in [0.05, 0.1) is 6.54 Å². The molecule has 0 bridgehead atoms. The normalized spacial score (nSPS) is 13.9. The molecule has 0 aliphatic rings. The number of nitrogens with zero attached hydrogens (tertiary/aromatic N) is 3. The second kappa shape index (κ2) is 5.01. The topological polar surface area (TPSA) is 129 Å². The number of azide groups is 1. The van der Waals surface area contributed by atoms with E-state index in [0.717, 1.165) is 0 Å². The van der Waals surface area contributed by atoms with Crippen LogP contribution < -0.4 is 0 Å². The zero-order valence-electron chi connectivity index (χ0n) is 7.25. The van der Waals surface area contributed by atoms with Crippen molar-refractivity contribution in [2.75, 3.05) is 6.54 Å². The Bertz CT molecular complexity index is 411. The molecule has 1 unspecified atom stereocenters. The largest absolute Gasteiger partial charge is 0.523 e. The average Bonchev–Trinajstić information content (AvgIpc) is 2.09. The maximum absolute atomic E-state index is 11.8. The lowest BCUT2D eigenvalue weighted by molar-refractivity contribution is -0.145. The molecule has 8 nitrogen and oxygen atoms in total. The molecular formula is C4H4F3N3O5S. The molecule has 12 heteroatoms. The summed E-state index contributed by atoms with van der Waals surface area (Å²) in [5.74, 6) is -2.00. The van der Waals surface area contributed by atoms with Crippen LogP contribution in [0.4, 0.5) is 13.2 Å². The number of alkyl halides is 3. The molecule has 0 heterocycles. The lowest BCUT2D eigenvalue weighted by Crippen LogP contribution is -2.35. The third-order valence-electron chi connectivity index (χ3n) is 1.11. The Morgan fingerprint density at radius 3 is 2.38 bits per heavy atom. The predicted molar refractivity (Wildman–Crippen MR) is 41.5 cm³/mol. The summed E-state index contributed by atoms with van der Waals surface area (Å²) in [7, 11) is -6.04. The van der Waals surface area contributed by atoms with Gasteiger partial charge in [-0.05, 0) is 5.53 Å². The third kappa shape index (κ3) is 3.92. The fraction of sp³-hybridized carbons (Fsp3) is 0.750. The first-order valence-electron chi connectivity index (χ1n) is 3.35. The van der Waals surface area contributed by atoms with Crippen molar-refractivity contribution in [3.8, 4) is 0 Å². The fourth-order valence-electron chi connectivity index (χ4n) is 0.468. The maximum Gasteiger partial charge on any atom is 0.523 e. The first-order chi connectivity index (χ1) is 7.12. The Morgan fingerprint density at radius 1 is 1.56 bits per heavy atom. The van der Waals surface area contributed by atoms with Gasteiger partial charge in [-0.15, -0.1) is 0 Å². The van der Waals surface area contributed by atoms with Gasteiger partial charge in [0.1, 0.15) is 0 Å². The molecule has 92 valence electrons. The number of carbonyl (C=O) groups is 1. The molecule has 0 amide bonds. The minimum absolute atomic E-state index is 1.08. The van der Waals surface area contributed by atoms with Gasteiger partial charge in [-0.25, -0.2) is 8.98 Å². The standard InChI is InChI=1S/C4H4F3N3O5S/c5-4(6,7)16(13,14)15-2(3(11)12)1-9-10-8/h2H,1H2,(H,11,12). The number of hydrogen-bond acceptors (Lipinski definition) is 5. The number of rotatable bonds is 5. The Labute approximate surface area is 86.4 Å². The summed E-state index contributed by atoms with van der Waals surface area (Å²) in [6.45, 7) is -1.08. The molecule has 0 radical (unpaired) electrons. The summed E-state index contributed by atoms with van der Waals surface area (Å²) in [5.41, 5.74) is 2.05. The van der Waals surface area contributed by atoms with E-state index in [0.29, 0.717) is 0 Å². The van der Waals surface area contributed by atoms with Crippen molar-refractivity contribution in [1.29, 1.82) is 0 Å². The van der Waals surface area contributed by atoms with E-state index in [1.807, 2.05) is 0 Å². The molecular weight excluding hydrogens is 259 g/mol. The monoisotopic (exact) mass is 263 g/mol. The molecule has 0 aliphatic carbocycles. The Morgan fingerprint density at radius 2 is 2.06 bits per heavy atom.